The first-order chi connectivity index (χ1) is 15.2. The number of allylic oxidation sites excluding steroid dienone is 2. The molecule has 1 saturated carbocycles. The summed E-state index contributed by atoms with van der Waals surface area (Å²) in [5.41, 5.74) is 0.643. The zero-order valence-corrected chi connectivity index (χ0v) is 19.1. The summed E-state index contributed by atoms with van der Waals surface area (Å²) < 4.78 is 47.0. The van der Waals surface area contributed by atoms with E-state index in [4.69, 9.17) is 4.74 Å². The molecule has 7 nitrogen and oxygen atoms in total. The fourth-order valence-electron chi connectivity index (χ4n) is 3.52. The van der Waals surface area contributed by atoms with Crippen molar-refractivity contribution >= 4 is 21.8 Å². The van der Waals surface area contributed by atoms with E-state index >= 15 is 0 Å². The minimum atomic E-state index is -3.51. The molecule has 3 rings (SSSR count). The van der Waals surface area contributed by atoms with Gasteiger partial charge in [-0.1, -0.05) is 18.2 Å². The van der Waals surface area contributed by atoms with E-state index in [2.05, 4.69) is 10.0 Å². The number of imide groups is 1. The molecule has 2 aliphatic rings. The second-order valence-corrected chi connectivity index (χ2v) is 10.5. The Morgan fingerprint density at radius 3 is 2.75 bits per heavy atom. The number of nitrogens with one attached hydrogen (secondary N) is 2. The number of benzene rings is 1. The fourth-order valence-corrected chi connectivity index (χ4v) is 4.86. The van der Waals surface area contributed by atoms with E-state index < -0.39 is 21.9 Å². The fraction of sp³-hybridized carbons (Fsp3) is 0.565. The van der Waals surface area contributed by atoms with Crippen LogP contribution in [0.5, 0.6) is 5.75 Å². The zero-order valence-electron chi connectivity index (χ0n) is 18.3. The van der Waals surface area contributed by atoms with Gasteiger partial charge in [0.05, 0.1) is 12.4 Å². The number of amides is 2. The van der Waals surface area contributed by atoms with Gasteiger partial charge < -0.3 is 4.74 Å². The molecule has 2 fully saturated rings. The molecule has 0 spiro atoms. The van der Waals surface area contributed by atoms with E-state index in [0.717, 1.165) is 12.8 Å². The van der Waals surface area contributed by atoms with Gasteiger partial charge in [0.2, 0.25) is 21.8 Å². The number of piperidine rings is 1. The third-order valence-electron chi connectivity index (χ3n) is 5.71. The van der Waals surface area contributed by atoms with Crippen LogP contribution in [0.15, 0.2) is 30.4 Å². The molecule has 32 heavy (non-hydrogen) atoms. The van der Waals surface area contributed by atoms with Crippen LogP contribution in [0.2, 0.25) is 0 Å². The van der Waals surface area contributed by atoms with Crippen LogP contribution in [0, 0.1) is 17.7 Å². The number of halogens is 1. The molecule has 9 heteroatoms. The van der Waals surface area contributed by atoms with Crippen LogP contribution in [0.4, 0.5) is 4.39 Å². The van der Waals surface area contributed by atoms with Gasteiger partial charge in [0.25, 0.3) is 0 Å². The maximum Gasteiger partial charge on any atom is 0.229 e. The van der Waals surface area contributed by atoms with Crippen molar-refractivity contribution in [1.29, 1.82) is 0 Å². The molecule has 1 aromatic carbocycles. The lowest BCUT2D eigenvalue weighted by Gasteiger charge is -2.19. The second-order valence-electron chi connectivity index (χ2n) is 8.60. The lowest BCUT2D eigenvalue weighted by atomic mass is 9.94. The van der Waals surface area contributed by atoms with Gasteiger partial charge >= 0.3 is 0 Å². The minimum Gasteiger partial charge on any atom is -0.490 e. The maximum atomic E-state index is 14.0. The predicted molar refractivity (Wildman–Crippen MR) is 119 cm³/mol. The predicted octanol–water partition coefficient (Wildman–Crippen LogP) is 3.37. The molecule has 2 N–H and O–H groups in total. The van der Waals surface area contributed by atoms with Gasteiger partial charge in [-0.3, -0.25) is 14.9 Å². The van der Waals surface area contributed by atoms with Crippen LogP contribution in [0.25, 0.3) is 0 Å². The molecule has 2 amide bonds. The lowest BCUT2D eigenvalue weighted by Crippen LogP contribution is -2.40. The Morgan fingerprint density at radius 2 is 2.03 bits per heavy atom. The Bertz CT molecular complexity index is 959. The highest BCUT2D eigenvalue weighted by Crippen LogP contribution is 2.31. The number of hydrogen-bond donors (Lipinski definition) is 2. The quantitative estimate of drug-likeness (QED) is 0.279. The van der Waals surface area contributed by atoms with Crippen LogP contribution in [0.3, 0.4) is 0 Å². The highest BCUT2D eigenvalue weighted by Gasteiger charge is 2.25. The van der Waals surface area contributed by atoms with Gasteiger partial charge in [-0.2, -0.15) is 0 Å². The second kappa shape index (κ2) is 11.0. The van der Waals surface area contributed by atoms with Gasteiger partial charge in [0.1, 0.15) is 0 Å². The monoisotopic (exact) mass is 466 g/mol. The van der Waals surface area contributed by atoms with Crippen LogP contribution >= 0.6 is 0 Å². The van der Waals surface area contributed by atoms with E-state index in [1.165, 1.54) is 6.07 Å². The Balaban J connectivity index is 1.41. The smallest absolute Gasteiger partial charge is 0.229 e. The van der Waals surface area contributed by atoms with Crippen molar-refractivity contribution in [2.75, 3.05) is 12.4 Å². The summed E-state index contributed by atoms with van der Waals surface area (Å²) in [6.45, 7) is 2.20. The van der Waals surface area contributed by atoms with Crippen LogP contribution in [0.1, 0.15) is 63.5 Å². The Morgan fingerprint density at radius 1 is 1.25 bits per heavy atom. The van der Waals surface area contributed by atoms with Gasteiger partial charge in [0.15, 0.2) is 11.6 Å². The van der Waals surface area contributed by atoms with Crippen molar-refractivity contribution in [2.45, 2.75) is 57.9 Å². The van der Waals surface area contributed by atoms with Crippen molar-refractivity contribution in [3.05, 3.63) is 41.7 Å². The Labute approximate surface area is 188 Å². The lowest BCUT2D eigenvalue weighted by molar-refractivity contribution is -0.136. The van der Waals surface area contributed by atoms with Gasteiger partial charge in [-0.25, -0.2) is 17.5 Å². The summed E-state index contributed by atoms with van der Waals surface area (Å²) in [6.07, 6.45) is 8.38. The number of unbranched alkanes of at least 4 members (excludes halogenated alkanes) is 1. The van der Waals surface area contributed by atoms with E-state index in [0.29, 0.717) is 50.2 Å². The largest absolute Gasteiger partial charge is 0.490 e. The molecule has 0 bridgehead atoms. The van der Waals surface area contributed by atoms with Crippen molar-refractivity contribution in [1.82, 2.24) is 10.0 Å². The number of rotatable bonds is 12. The van der Waals surface area contributed by atoms with E-state index in [1.54, 1.807) is 19.1 Å². The SMILES string of the molecule is C[C@@H](NS(=O)(=O)CCC/C=C/CC1CCC(=O)NC1=O)c1ccc(F)c(OCC2CC2)c1. The molecule has 0 aromatic heterocycles. The minimum absolute atomic E-state index is 0.0354. The topological polar surface area (TPSA) is 102 Å². The first-order valence-corrected chi connectivity index (χ1v) is 12.8. The van der Waals surface area contributed by atoms with E-state index in [9.17, 15) is 22.4 Å². The van der Waals surface area contributed by atoms with Gasteiger partial charge in [0, 0.05) is 18.4 Å². The number of ether oxygens (including phenoxy) is 1. The highest BCUT2D eigenvalue weighted by atomic mass is 32.2. The zero-order chi connectivity index (χ0) is 23.1. The van der Waals surface area contributed by atoms with Crippen LogP contribution < -0.4 is 14.8 Å². The van der Waals surface area contributed by atoms with E-state index in [-0.39, 0.29) is 29.2 Å². The molecule has 1 aromatic rings. The molecule has 0 radical (unpaired) electrons. The average Bonchev–Trinajstić information content (AvgIpc) is 3.55. The number of hydrogen-bond acceptors (Lipinski definition) is 5. The summed E-state index contributed by atoms with van der Waals surface area (Å²) >= 11 is 0. The molecule has 1 aliphatic carbocycles. The summed E-state index contributed by atoms with van der Waals surface area (Å²) in [6, 6.07) is 3.91. The highest BCUT2D eigenvalue weighted by molar-refractivity contribution is 7.89. The standard InChI is InChI=1S/C23H31FN2O5S/c1-16(19-9-11-20(24)21(14-19)31-15-17-7-8-17)26-32(29,30)13-5-3-2-4-6-18-10-12-22(27)25-23(18)28/h2,4,9,11,14,16-18,26H,3,5-8,10,12-13,15H2,1H3,(H,25,27,28)/b4-2+/t16-,18?/m1/s1. The molecule has 1 saturated heterocycles. The summed E-state index contributed by atoms with van der Waals surface area (Å²) in [4.78, 5) is 22.8. The first-order valence-electron chi connectivity index (χ1n) is 11.1. The molecular formula is C23H31FN2O5S. The van der Waals surface area contributed by atoms with Gasteiger partial charge in [-0.05, 0) is 69.1 Å². The summed E-state index contributed by atoms with van der Waals surface area (Å²) in [5, 5.41) is 2.33. The van der Waals surface area contributed by atoms with E-state index in [1.807, 2.05) is 12.2 Å². The third kappa shape index (κ3) is 7.70. The maximum absolute atomic E-state index is 14.0. The Hall–Kier alpha value is -2.26. The summed E-state index contributed by atoms with van der Waals surface area (Å²) in [7, 11) is -3.51. The first kappa shape index (κ1) is 24.4. The van der Waals surface area contributed by atoms with Gasteiger partial charge in [-0.15, -0.1) is 0 Å². The third-order valence-corrected chi connectivity index (χ3v) is 7.25. The molecule has 2 atom stereocenters. The Kier molecular flexibility index (Phi) is 8.42. The molecule has 1 heterocycles. The average molecular weight is 467 g/mol. The van der Waals surface area contributed by atoms with Crippen molar-refractivity contribution in [3.8, 4) is 5.75 Å². The molecule has 1 unspecified atom stereocenters. The number of sulfonamides is 1. The molecule has 176 valence electrons. The molecular weight excluding hydrogens is 435 g/mol. The van der Waals surface area contributed by atoms with Crippen molar-refractivity contribution < 1.29 is 27.1 Å². The van der Waals surface area contributed by atoms with Crippen LogP contribution in [-0.4, -0.2) is 32.6 Å². The number of carbonyl (C=O) groups excluding carboxylic acids is 2. The summed E-state index contributed by atoms with van der Waals surface area (Å²) in [5.74, 6) is -0.517. The van der Waals surface area contributed by atoms with Crippen LogP contribution in [-0.2, 0) is 19.6 Å². The molecule has 1 aliphatic heterocycles. The normalized spacial score (nSPS) is 20.4. The van der Waals surface area contributed by atoms with Crippen molar-refractivity contribution in [3.63, 3.8) is 0 Å². The van der Waals surface area contributed by atoms with Crippen molar-refractivity contribution in [2.24, 2.45) is 11.8 Å². The number of carbonyl (C=O) groups is 2.